The summed E-state index contributed by atoms with van der Waals surface area (Å²) in [5, 5.41) is 20.5. The summed E-state index contributed by atoms with van der Waals surface area (Å²) in [6.45, 7) is 7.93. The van der Waals surface area contributed by atoms with Crippen LogP contribution in [0.5, 0.6) is 0 Å². The Morgan fingerprint density at radius 1 is 1.21 bits per heavy atom. The molecule has 8 atom stereocenters. The number of aliphatic hydroxyl groups is 2. The van der Waals surface area contributed by atoms with Crippen molar-refractivity contribution in [1.82, 2.24) is 0 Å². The molecule has 1 heterocycles. The van der Waals surface area contributed by atoms with E-state index in [4.69, 9.17) is 4.74 Å². The van der Waals surface area contributed by atoms with Crippen molar-refractivity contribution in [3.63, 3.8) is 0 Å². The number of aliphatic hydroxyl groups excluding tert-OH is 2. The Kier molecular flexibility index (Phi) is 2.98. The monoisotopic (exact) mass is 266 g/mol. The minimum Gasteiger partial charge on any atom is -0.461 e. The van der Waals surface area contributed by atoms with Crippen molar-refractivity contribution < 1.29 is 19.7 Å². The lowest BCUT2D eigenvalue weighted by atomic mass is 9.77. The zero-order chi connectivity index (χ0) is 13.9. The van der Waals surface area contributed by atoms with E-state index in [2.05, 4.69) is 6.58 Å². The van der Waals surface area contributed by atoms with Crippen LogP contribution in [0.1, 0.15) is 26.7 Å². The first kappa shape index (κ1) is 13.1. The molecule has 2 saturated carbocycles. The van der Waals surface area contributed by atoms with Gasteiger partial charge in [0, 0.05) is 11.8 Å². The molecule has 2 aliphatic carbocycles. The molecule has 3 rings (SSSR count). The van der Waals surface area contributed by atoms with Gasteiger partial charge in [-0.25, -0.2) is 0 Å². The summed E-state index contributed by atoms with van der Waals surface area (Å²) in [6.07, 6.45) is -0.00463. The largest absolute Gasteiger partial charge is 0.461 e. The normalized spacial score (nSPS) is 53.5. The van der Waals surface area contributed by atoms with Crippen molar-refractivity contribution in [2.24, 2.45) is 29.6 Å². The van der Waals surface area contributed by atoms with Gasteiger partial charge >= 0.3 is 5.97 Å². The predicted molar refractivity (Wildman–Crippen MR) is 69.1 cm³/mol. The highest BCUT2D eigenvalue weighted by Crippen LogP contribution is 2.52. The fourth-order valence-electron chi connectivity index (χ4n) is 4.43. The van der Waals surface area contributed by atoms with Gasteiger partial charge in [-0.2, -0.15) is 0 Å². The highest BCUT2D eigenvalue weighted by molar-refractivity contribution is 5.75. The van der Waals surface area contributed by atoms with Crippen LogP contribution in [0.3, 0.4) is 0 Å². The standard InChI is InChI=1S/C15H22O4/c1-6-4-11(17)13-8(3)15(18)19-14(13)12-7(2)10(16)5-9(6)12/h7-14,16-17H,1,4-5H2,2-3H3/t7-,8+,9+,10+,11-,12?,13-,14+/m1/s1. The first-order valence-corrected chi connectivity index (χ1v) is 7.16. The summed E-state index contributed by atoms with van der Waals surface area (Å²) in [7, 11) is 0. The molecule has 4 heteroatoms. The lowest BCUT2D eigenvalue weighted by molar-refractivity contribution is -0.146. The number of esters is 1. The number of hydrogen-bond acceptors (Lipinski definition) is 4. The maximum atomic E-state index is 11.8. The minimum atomic E-state index is -0.561. The van der Waals surface area contributed by atoms with Crippen LogP contribution in [0.15, 0.2) is 12.2 Å². The van der Waals surface area contributed by atoms with Gasteiger partial charge in [0.05, 0.1) is 18.1 Å². The van der Waals surface area contributed by atoms with E-state index >= 15 is 0 Å². The van der Waals surface area contributed by atoms with Gasteiger partial charge < -0.3 is 14.9 Å². The molecule has 0 aromatic carbocycles. The third-order valence-corrected chi connectivity index (χ3v) is 5.57. The second-order valence-electron chi connectivity index (χ2n) is 6.54. The number of rotatable bonds is 0. The van der Waals surface area contributed by atoms with Gasteiger partial charge in [-0.3, -0.25) is 4.79 Å². The van der Waals surface area contributed by atoms with E-state index in [1.165, 1.54) is 0 Å². The highest BCUT2D eigenvalue weighted by atomic mass is 16.6. The lowest BCUT2D eigenvalue weighted by Gasteiger charge is -2.30. The molecule has 3 aliphatic rings. The van der Waals surface area contributed by atoms with Crippen LogP contribution >= 0.6 is 0 Å². The van der Waals surface area contributed by atoms with Crippen molar-refractivity contribution in [1.29, 1.82) is 0 Å². The van der Waals surface area contributed by atoms with Gasteiger partial charge in [0.2, 0.25) is 0 Å². The molecule has 1 unspecified atom stereocenters. The molecule has 0 radical (unpaired) electrons. The molecule has 19 heavy (non-hydrogen) atoms. The van der Waals surface area contributed by atoms with E-state index in [9.17, 15) is 15.0 Å². The van der Waals surface area contributed by atoms with Crippen LogP contribution < -0.4 is 0 Å². The smallest absolute Gasteiger partial charge is 0.309 e. The molecule has 4 nitrogen and oxygen atoms in total. The number of ether oxygens (including phenoxy) is 1. The van der Waals surface area contributed by atoms with Crippen LogP contribution in [0.4, 0.5) is 0 Å². The van der Waals surface area contributed by atoms with Gasteiger partial charge in [0.15, 0.2) is 0 Å². The summed E-state index contributed by atoms with van der Waals surface area (Å²) in [6, 6.07) is 0. The molecule has 0 spiro atoms. The molecule has 2 N–H and O–H groups in total. The van der Waals surface area contributed by atoms with E-state index in [1.807, 2.05) is 13.8 Å². The van der Waals surface area contributed by atoms with Crippen LogP contribution in [0.2, 0.25) is 0 Å². The lowest BCUT2D eigenvalue weighted by Crippen LogP contribution is -2.37. The minimum absolute atomic E-state index is 0.0812. The predicted octanol–water partition coefficient (Wildman–Crippen LogP) is 1.12. The van der Waals surface area contributed by atoms with Crippen molar-refractivity contribution >= 4 is 5.97 Å². The van der Waals surface area contributed by atoms with Gasteiger partial charge in [0.1, 0.15) is 6.10 Å². The van der Waals surface area contributed by atoms with Crippen LogP contribution in [0.25, 0.3) is 0 Å². The Bertz CT molecular complexity index is 418. The third-order valence-electron chi connectivity index (χ3n) is 5.57. The van der Waals surface area contributed by atoms with Crippen molar-refractivity contribution in [2.75, 3.05) is 0 Å². The molecule has 0 amide bonds. The van der Waals surface area contributed by atoms with Crippen molar-refractivity contribution in [3.05, 3.63) is 12.2 Å². The Hall–Kier alpha value is -0.870. The summed E-state index contributed by atoms with van der Waals surface area (Å²) in [5.74, 6) is -0.304. The Morgan fingerprint density at radius 3 is 2.58 bits per heavy atom. The quantitative estimate of drug-likeness (QED) is 0.509. The molecular weight excluding hydrogens is 244 g/mol. The summed E-state index contributed by atoms with van der Waals surface area (Å²) in [5.41, 5.74) is 0.999. The van der Waals surface area contributed by atoms with E-state index in [0.717, 1.165) is 5.57 Å². The summed E-state index contributed by atoms with van der Waals surface area (Å²) >= 11 is 0. The number of carbonyl (C=O) groups is 1. The molecule has 106 valence electrons. The highest BCUT2D eigenvalue weighted by Gasteiger charge is 2.57. The topological polar surface area (TPSA) is 66.8 Å². The molecule has 0 aromatic rings. The average molecular weight is 266 g/mol. The zero-order valence-electron chi connectivity index (χ0n) is 11.5. The molecule has 0 aromatic heterocycles. The second-order valence-corrected chi connectivity index (χ2v) is 6.54. The fourth-order valence-corrected chi connectivity index (χ4v) is 4.43. The molecule has 1 aliphatic heterocycles. The second kappa shape index (κ2) is 4.32. The van der Waals surface area contributed by atoms with Crippen molar-refractivity contribution in [3.8, 4) is 0 Å². The Labute approximate surface area is 113 Å². The van der Waals surface area contributed by atoms with Crippen molar-refractivity contribution in [2.45, 2.75) is 45.0 Å². The Balaban J connectivity index is 2.00. The fraction of sp³-hybridized carbons (Fsp3) is 0.800. The van der Waals surface area contributed by atoms with E-state index in [1.54, 1.807) is 0 Å². The third kappa shape index (κ3) is 1.77. The summed E-state index contributed by atoms with van der Waals surface area (Å²) < 4.78 is 5.56. The van der Waals surface area contributed by atoms with Gasteiger partial charge in [-0.1, -0.05) is 26.0 Å². The summed E-state index contributed by atoms with van der Waals surface area (Å²) in [4.78, 5) is 11.8. The van der Waals surface area contributed by atoms with Crippen LogP contribution in [-0.2, 0) is 9.53 Å². The Morgan fingerprint density at radius 2 is 1.89 bits per heavy atom. The number of hydrogen-bond donors (Lipinski definition) is 2. The van der Waals surface area contributed by atoms with Gasteiger partial charge in [-0.05, 0) is 24.7 Å². The maximum Gasteiger partial charge on any atom is 0.309 e. The molecule has 3 fully saturated rings. The maximum absolute atomic E-state index is 11.8. The van der Waals surface area contributed by atoms with Crippen LogP contribution in [-0.4, -0.2) is 34.5 Å². The first-order valence-electron chi connectivity index (χ1n) is 7.16. The van der Waals surface area contributed by atoms with E-state index < -0.39 is 6.10 Å². The molecular formula is C15H22O4. The zero-order valence-corrected chi connectivity index (χ0v) is 11.5. The van der Waals surface area contributed by atoms with Gasteiger partial charge in [-0.15, -0.1) is 0 Å². The first-order chi connectivity index (χ1) is 8.91. The van der Waals surface area contributed by atoms with Gasteiger partial charge in [0.25, 0.3) is 0 Å². The number of fused-ring (bicyclic) bond motifs is 3. The SMILES string of the molecule is C=C1C[C@@H](O)[C@H]2[C@H](C)C(=O)O[C@H]2C2[C@H]1C[C@H](O)[C@H]2C. The van der Waals surface area contributed by atoms with E-state index in [0.29, 0.717) is 12.8 Å². The molecule has 0 bridgehead atoms. The number of carbonyl (C=O) groups excluding carboxylic acids is 1. The van der Waals surface area contributed by atoms with E-state index in [-0.39, 0.29) is 47.8 Å². The van der Waals surface area contributed by atoms with Crippen LogP contribution in [0, 0.1) is 29.6 Å². The average Bonchev–Trinajstić information content (AvgIpc) is 2.75. The molecule has 1 saturated heterocycles.